The fourth-order valence-corrected chi connectivity index (χ4v) is 2.23. The molecule has 1 aromatic rings. The molecule has 0 aromatic heterocycles. The van der Waals surface area contributed by atoms with Gasteiger partial charge in [-0.05, 0) is 25.2 Å². The molecule has 0 unspecified atom stereocenters. The molecule has 0 radical (unpaired) electrons. The molecule has 1 rings (SSSR count). The number of hydrogen-bond acceptors (Lipinski definition) is 5. The number of amides is 1. The second-order valence-electron chi connectivity index (χ2n) is 4.96. The van der Waals surface area contributed by atoms with Crippen molar-refractivity contribution in [2.45, 2.75) is 6.42 Å². The smallest absolute Gasteiger partial charge is 0.225 e. The van der Waals surface area contributed by atoms with Gasteiger partial charge in [0.15, 0.2) is 0 Å². The van der Waals surface area contributed by atoms with Crippen molar-refractivity contribution in [1.29, 1.82) is 0 Å². The first kappa shape index (κ1) is 17.4. The molecule has 0 bridgehead atoms. The maximum absolute atomic E-state index is 12.9. The normalized spacial score (nSPS) is 11.6. The Morgan fingerprint density at radius 2 is 2.05 bits per heavy atom. The Kier molecular flexibility index (Phi) is 6.10. The molecule has 0 heterocycles. The van der Waals surface area contributed by atoms with Crippen LogP contribution in [-0.2, 0) is 14.6 Å². The molecule has 0 spiro atoms. The van der Waals surface area contributed by atoms with Gasteiger partial charge >= 0.3 is 0 Å². The standard InChI is InChI=1S/C13H20FN3O3S/c1-17(7-8-21(2,19)20)6-5-13(18)16-12-4-3-10(14)9-11(12)15/h3-4,9H,5-8,15H2,1-2H3,(H,16,18). The number of hydrogen-bond donors (Lipinski definition) is 2. The van der Waals surface area contributed by atoms with E-state index in [9.17, 15) is 17.6 Å². The molecule has 118 valence electrons. The molecule has 0 saturated heterocycles. The van der Waals surface area contributed by atoms with Crippen molar-refractivity contribution in [2.24, 2.45) is 0 Å². The van der Waals surface area contributed by atoms with Crippen molar-refractivity contribution in [3.05, 3.63) is 24.0 Å². The molecule has 1 aromatic carbocycles. The quantitative estimate of drug-likeness (QED) is 0.723. The predicted octanol–water partition coefficient (Wildman–Crippen LogP) is 0.713. The molecule has 0 atom stereocenters. The second-order valence-corrected chi connectivity index (χ2v) is 7.22. The van der Waals surface area contributed by atoms with Crippen LogP contribution in [-0.4, -0.2) is 51.4 Å². The number of carbonyl (C=O) groups is 1. The Morgan fingerprint density at radius 1 is 1.38 bits per heavy atom. The van der Waals surface area contributed by atoms with E-state index >= 15 is 0 Å². The van der Waals surface area contributed by atoms with Gasteiger partial charge in [0, 0.05) is 25.8 Å². The number of sulfone groups is 1. The second kappa shape index (κ2) is 7.37. The van der Waals surface area contributed by atoms with Gasteiger partial charge < -0.3 is 16.0 Å². The summed E-state index contributed by atoms with van der Waals surface area (Å²) >= 11 is 0. The summed E-state index contributed by atoms with van der Waals surface area (Å²) in [5, 5.41) is 2.59. The fourth-order valence-electron chi connectivity index (χ4n) is 1.59. The summed E-state index contributed by atoms with van der Waals surface area (Å²) in [7, 11) is -1.27. The van der Waals surface area contributed by atoms with Crippen LogP contribution in [0.25, 0.3) is 0 Å². The average Bonchev–Trinajstić information content (AvgIpc) is 2.36. The van der Waals surface area contributed by atoms with Crippen molar-refractivity contribution in [1.82, 2.24) is 4.90 Å². The van der Waals surface area contributed by atoms with Crippen LogP contribution >= 0.6 is 0 Å². The minimum Gasteiger partial charge on any atom is -0.397 e. The third-order valence-corrected chi connectivity index (χ3v) is 3.78. The SMILES string of the molecule is CN(CCC(=O)Nc1ccc(F)cc1N)CCS(C)(=O)=O. The average molecular weight is 317 g/mol. The summed E-state index contributed by atoms with van der Waals surface area (Å²) < 4.78 is 34.9. The zero-order valence-corrected chi connectivity index (χ0v) is 12.9. The Balaban J connectivity index is 2.40. The molecular weight excluding hydrogens is 297 g/mol. The third-order valence-electron chi connectivity index (χ3n) is 2.85. The lowest BCUT2D eigenvalue weighted by Crippen LogP contribution is -2.28. The Bertz CT molecular complexity index is 605. The summed E-state index contributed by atoms with van der Waals surface area (Å²) in [6, 6.07) is 3.74. The minimum atomic E-state index is -3.01. The molecular formula is C13H20FN3O3S. The lowest BCUT2D eigenvalue weighted by molar-refractivity contribution is -0.116. The van der Waals surface area contributed by atoms with Crippen LogP contribution < -0.4 is 11.1 Å². The van der Waals surface area contributed by atoms with Crippen molar-refractivity contribution in [3.63, 3.8) is 0 Å². The minimum absolute atomic E-state index is 0.0516. The number of carbonyl (C=O) groups excluding carboxylic acids is 1. The van der Waals surface area contributed by atoms with Gasteiger partial charge in [0.2, 0.25) is 5.91 Å². The van der Waals surface area contributed by atoms with E-state index in [2.05, 4.69) is 5.32 Å². The first-order valence-corrected chi connectivity index (χ1v) is 8.44. The van der Waals surface area contributed by atoms with Gasteiger partial charge in [0.1, 0.15) is 15.7 Å². The Labute approximate surface area is 124 Å². The highest BCUT2D eigenvalue weighted by molar-refractivity contribution is 7.90. The van der Waals surface area contributed by atoms with Crippen LogP contribution in [0.4, 0.5) is 15.8 Å². The first-order chi connectivity index (χ1) is 9.67. The number of nitrogens with zero attached hydrogens (tertiary/aromatic N) is 1. The fraction of sp³-hybridized carbons (Fsp3) is 0.462. The summed E-state index contributed by atoms with van der Waals surface area (Å²) in [6.45, 7) is 0.785. The molecule has 0 aliphatic carbocycles. The van der Waals surface area contributed by atoms with Gasteiger partial charge in [-0.1, -0.05) is 0 Å². The highest BCUT2D eigenvalue weighted by Crippen LogP contribution is 2.19. The summed E-state index contributed by atoms with van der Waals surface area (Å²) in [4.78, 5) is 13.5. The van der Waals surface area contributed by atoms with Crippen LogP contribution in [0.5, 0.6) is 0 Å². The van der Waals surface area contributed by atoms with Crippen LogP contribution in [0.2, 0.25) is 0 Å². The van der Waals surface area contributed by atoms with Crippen molar-refractivity contribution in [2.75, 3.05) is 43.2 Å². The van der Waals surface area contributed by atoms with E-state index in [0.29, 0.717) is 18.8 Å². The molecule has 3 N–H and O–H groups in total. The van der Waals surface area contributed by atoms with E-state index in [1.807, 2.05) is 0 Å². The lowest BCUT2D eigenvalue weighted by atomic mass is 10.2. The van der Waals surface area contributed by atoms with E-state index in [1.165, 1.54) is 18.4 Å². The highest BCUT2D eigenvalue weighted by atomic mass is 32.2. The lowest BCUT2D eigenvalue weighted by Gasteiger charge is -2.15. The number of nitrogens with one attached hydrogen (secondary N) is 1. The van der Waals surface area contributed by atoms with Gasteiger partial charge in [-0.3, -0.25) is 4.79 Å². The molecule has 0 saturated carbocycles. The monoisotopic (exact) mass is 317 g/mol. The molecule has 0 aliphatic rings. The Morgan fingerprint density at radius 3 is 2.62 bits per heavy atom. The van der Waals surface area contributed by atoms with E-state index in [1.54, 1.807) is 11.9 Å². The zero-order valence-electron chi connectivity index (χ0n) is 12.1. The number of anilines is 2. The van der Waals surface area contributed by atoms with Crippen LogP contribution in [0.3, 0.4) is 0 Å². The number of halogens is 1. The molecule has 0 aliphatic heterocycles. The molecule has 8 heteroatoms. The van der Waals surface area contributed by atoms with Crippen molar-refractivity contribution >= 4 is 27.1 Å². The number of nitrogens with two attached hydrogens (primary N) is 1. The summed E-state index contributed by atoms with van der Waals surface area (Å²) in [5.74, 6) is -0.679. The van der Waals surface area contributed by atoms with E-state index < -0.39 is 15.7 Å². The number of rotatable bonds is 7. The Hall–Kier alpha value is -1.67. The van der Waals surface area contributed by atoms with Gasteiger partial charge in [-0.25, -0.2) is 12.8 Å². The van der Waals surface area contributed by atoms with E-state index in [4.69, 9.17) is 5.73 Å². The number of nitrogen functional groups attached to an aromatic ring is 1. The predicted molar refractivity (Wildman–Crippen MR) is 81.3 cm³/mol. The number of benzene rings is 1. The van der Waals surface area contributed by atoms with Crippen LogP contribution in [0.15, 0.2) is 18.2 Å². The van der Waals surface area contributed by atoms with Gasteiger partial charge in [-0.15, -0.1) is 0 Å². The maximum Gasteiger partial charge on any atom is 0.225 e. The van der Waals surface area contributed by atoms with E-state index in [-0.39, 0.29) is 23.8 Å². The highest BCUT2D eigenvalue weighted by Gasteiger charge is 2.09. The van der Waals surface area contributed by atoms with Gasteiger partial charge in [0.05, 0.1) is 17.1 Å². The largest absolute Gasteiger partial charge is 0.397 e. The van der Waals surface area contributed by atoms with Crippen molar-refractivity contribution in [3.8, 4) is 0 Å². The van der Waals surface area contributed by atoms with E-state index in [0.717, 1.165) is 6.07 Å². The van der Waals surface area contributed by atoms with Crippen LogP contribution in [0, 0.1) is 5.82 Å². The van der Waals surface area contributed by atoms with Gasteiger partial charge in [-0.2, -0.15) is 0 Å². The molecule has 1 amide bonds. The summed E-state index contributed by atoms with van der Waals surface area (Å²) in [6.07, 6.45) is 1.36. The summed E-state index contributed by atoms with van der Waals surface area (Å²) in [5.41, 5.74) is 6.11. The molecule has 0 fully saturated rings. The molecule has 21 heavy (non-hydrogen) atoms. The topological polar surface area (TPSA) is 92.5 Å². The van der Waals surface area contributed by atoms with Crippen molar-refractivity contribution < 1.29 is 17.6 Å². The van der Waals surface area contributed by atoms with Crippen LogP contribution in [0.1, 0.15) is 6.42 Å². The third kappa shape index (κ3) is 7.05. The maximum atomic E-state index is 12.9. The molecule has 6 nitrogen and oxygen atoms in total. The van der Waals surface area contributed by atoms with Gasteiger partial charge in [0.25, 0.3) is 0 Å². The first-order valence-electron chi connectivity index (χ1n) is 6.38. The zero-order chi connectivity index (χ0) is 16.0.